The van der Waals surface area contributed by atoms with Gasteiger partial charge in [-0.1, -0.05) is 6.07 Å². The molecule has 138 valence electrons. The van der Waals surface area contributed by atoms with Gasteiger partial charge < -0.3 is 24.4 Å². The van der Waals surface area contributed by atoms with Gasteiger partial charge in [-0.3, -0.25) is 0 Å². The lowest BCUT2D eigenvalue weighted by atomic mass is 10.2. The van der Waals surface area contributed by atoms with Crippen molar-refractivity contribution in [3.63, 3.8) is 0 Å². The molecule has 0 saturated carbocycles. The van der Waals surface area contributed by atoms with E-state index in [1.165, 1.54) is 0 Å². The van der Waals surface area contributed by atoms with Crippen molar-refractivity contribution in [3.05, 3.63) is 42.1 Å². The number of aromatic nitrogens is 1. The van der Waals surface area contributed by atoms with Gasteiger partial charge in [0.05, 0.1) is 31.7 Å². The minimum Gasteiger partial charge on any atom is -0.493 e. The highest BCUT2D eigenvalue weighted by Gasteiger charge is 2.21. The van der Waals surface area contributed by atoms with E-state index in [0.717, 1.165) is 5.56 Å². The van der Waals surface area contributed by atoms with Gasteiger partial charge in [-0.05, 0) is 37.6 Å². The summed E-state index contributed by atoms with van der Waals surface area (Å²) < 4.78 is 16.5. The predicted octanol–water partition coefficient (Wildman–Crippen LogP) is 3.44. The second-order valence-corrected chi connectivity index (χ2v) is 6.20. The van der Waals surface area contributed by atoms with E-state index in [9.17, 15) is 4.79 Å². The van der Waals surface area contributed by atoms with Gasteiger partial charge in [0, 0.05) is 19.2 Å². The summed E-state index contributed by atoms with van der Waals surface area (Å²) >= 11 is 0. The molecule has 0 bridgehead atoms. The quantitative estimate of drug-likeness (QED) is 0.907. The van der Waals surface area contributed by atoms with Crippen LogP contribution in [0.3, 0.4) is 0 Å². The molecule has 0 spiro atoms. The number of nitrogens with zero attached hydrogens (tertiary/aromatic N) is 2. The average Bonchev–Trinajstić information content (AvgIpc) is 2.64. The number of benzene rings is 1. The molecule has 7 heteroatoms. The monoisotopic (exact) mass is 357 g/mol. The van der Waals surface area contributed by atoms with Crippen molar-refractivity contribution in [1.29, 1.82) is 0 Å². The average molecular weight is 357 g/mol. The number of urea groups is 1. The molecular weight excluding hydrogens is 334 g/mol. The summed E-state index contributed by atoms with van der Waals surface area (Å²) in [5.41, 5.74) is 1.69. The van der Waals surface area contributed by atoms with Gasteiger partial charge in [0.1, 0.15) is 0 Å². The Morgan fingerprint density at radius 1 is 1.31 bits per heavy atom. The lowest BCUT2D eigenvalue weighted by Gasteiger charge is -2.31. The molecule has 1 saturated heterocycles. The predicted molar refractivity (Wildman–Crippen MR) is 98.0 cm³/mol. The number of nitrogens with one attached hydrogen (secondary N) is 1. The standard InChI is InChI=1S/C19H23N3O4/c1-13-4-6-16(17(10-13)24-3)26-18-7-5-15(11-20-18)21-19(23)22-8-9-25-14(2)12-22/h4-7,10-11,14H,8-9,12H2,1-3H3,(H,21,23)/t14-/m1/s1. The van der Waals surface area contributed by atoms with Crippen LogP contribution in [0.1, 0.15) is 12.5 Å². The van der Waals surface area contributed by atoms with Crippen molar-refractivity contribution >= 4 is 11.7 Å². The van der Waals surface area contributed by atoms with E-state index in [4.69, 9.17) is 14.2 Å². The maximum atomic E-state index is 12.3. The van der Waals surface area contributed by atoms with Gasteiger partial charge in [0.2, 0.25) is 5.88 Å². The van der Waals surface area contributed by atoms with Gasteiger partial charge >= 0.3 is 6.03 Å². The van der Waals surface area contributed by atoms with Crippen molar-refractivity contribution in [2.24, 2.45) is 0 Å². The SMILES string of the molecule is COc1cc(C)ccc1Oc1ccc(NC(=O)N2CCO[C@H](C)C2)cn1. The molecule has 26 heavy (non-hydrogen) atoms. The number of anilines is 1. The second kappa shape index (κ2) is 8.05. The number of hydrogen-bond acceptors (Lipinski definition) is 5. The number of aryl methyl sites for hydroxylation is 1. The molecule has 7 nitrogen and oxygen atoms in total. The Hall–Kier alpha value is -2.80. The van der Waals surface area contributed by atoms with Crippen molar-refractivity contribution in [3.8, 4) is 17.4 Å². The molecule has 2 heterocycles. The number of carbonyl (C=O) groups excluding carboxylic acids is 1. The highest BCUT2D eigenvalue weighted by Crippen LogP contribution is 2.31. The molecule has 2 aromatic rings. The lowest BCUT2D eigenvalue weighted by molar-refractivity contribution is -0.00138. The molecule has 1 aromatic heterocycles. The molecule has 1 aromatic carbocycles. The Balaban J connectivity index is 1.62. The highest BCUT2D eigenvalue weighted by molar-refractivity contribution is 5.89. The second-order valence-electron chi connectivity index (χ2n) is 6.20. The Labute approximate surface area is 152 Å². The summed E-state index contributed by atoms with van der Waals surface area (Å²) in [5, 5.41) is 2.84. The molecule has 0 aliphatic carbocycles. The molecule has 1 atom stereocenters. The van der Waals surface area contributed by atoms with Gasteiger partial charge in [-0.2, -0.15) is 0 Å². The maximum Gasteiger partial charge on any atom is 0.322 e. The first-order chi connectivity index (χ1) is 12.5. The zero-order valence-corrected chi connectivity index (χ0v) is 15.2. The van der Waals surface area contributed by atoms with E-state index < -0.39 is 0 Å². The molecule has 1 fully saturated rings. The number of morpholine rings is 1. The van der Waals surface area contributed by atoms with Crippen LogP contribution in [-0.4, -0.2) is 48.8 Å². The van der Waals surface area contributed by atoms with Gasteiger partial charge in [-0.25, -0.2) is 9.78 Å². The Bertz CT molecular complexity index is 764. The van der Waals surface area contributed by atoms with Gasteiger partial charge in [0.25, 0.3) is 0 Å². The Morgan fingerprint density at radius 2 is 2.15 bits per heavy atom. The molecule has 0 unspecified atom stereocenters. The Morgan fingerprint density at radius 3 is 2.85 bits per heavy atom. The van der Waals surface area contributed by atoms with Crippen LogP contribution in [0, 0.1) is 6.92 Å². The van der Waals surface area contributed by atoms with Crippen LogP contribution in [0.5, 0.6) is 17.4 Å². The fourth-order valence-corrected chi connectivity index (χ4v) is 2.69. The van der Waals surface area contributed by atoms with Crippen molar-refractivity contribution in [2.45, 2.75) is 20.0 Å². The molecule has 1 aliphatic rings. The summed E-state index contributed by atoms with van der Waals surface area (Å²) in [6, 6.07) is 8.98. The minimum absolute atomic E-state index is 0.0490. The molecule has 0 radical (unpaired) electrons. The van der Waals surface area contributed by atoms with E-state index in [2.05, 4.69) is 10.3 Å². The topological polar surface area (TPSA) is 72.9 Å². The third kappa shape index (κ3) is 4.43. The fourth-order valence-electron chi connectivity index (χ4n) is 2.69. The molecule has 2 amide bonds. The number of ether oxygens (including phenoxy) is 3. The number of rotatable bonds is 4. The third-order valence-corrected chi connectivity index (χ3v) is 4.05. The van der Waals surface area contributed by atoms with Crippen molar-refractivity contribution < 1.29 is 19.0 Å². The smallest absolute Gasteiger partial charge is 0.322 e. The number of hydrogen-bond donors (Lipinski definition) is 1. The van der Waals surface area contributed by atoms with E-state index in [0.29, 0.717) is 42.8 Å². The summed E-state index contributed by atoms with van der Waals surface area (Å²) in [6.07, 6.45) is 1.62. The third-order valence-electron chi connectivity index (χ3n) is 4.05. The van der Waals surface area contributed by atoms with E-state index >= 15 is 0 Å². The fraction of sp³-hybridized carbons (Fsp3) is 0.368. The number of methoxy groups -OCH3 is 1. The van der Waals surface area contributed by atoms with Crippen LogP contribution in [0.4, 0.5) is 10.5 Å². The van der Waals surface area contributed by atoms with Crippen LogP contribution in [-0.2, 0) is 4.74 Å². The van der Waals surface area contributed by atoms with Crippen LogP contribution >= 0.6 is 0 Å². The highest BCUT2D eigenvalue weighted by atomic mass is 16.5. The maximum absolute atomic E-state index is 12.3. The van der Waals surface area contributed by atoms with Crippen LogP contribution < -0.4 is 14.8 Å². The first-order valence-electron chi connectivity index (χ1n) is 8.51. The molecular formula is C19H23N3O4. The molecule has 1 aliphatic heterocycles. The Kier molecular flexibility index (Phi) is 5.58. The van der Waals surface area contributed by atoms with Gasteiger partial charge in [-0.15, -0.1) is 0 Å². The van der Waals surface area contributed by atoms with Crippen molar-refractivity contribution in [2.75, 3.05) is 32.1 Å². The number of pyridine rings is 1. The zero-order valence-electron chi connectivity index (χ0n) is 15.2. The van der Waals surface area contributed by atoms with Crippen molar-refractivity contribution in [1.82, 2.24) is 9.88 Å². The van der Waals surface area contributed by atoms with Crippen LogP contribution in [0.15, 0.2) is 36.5 Å². The summed E-state index contributed by atoms with van der Waals surface area (Å²) in [6.45, 7) is 5.65. The first-order valence-corrected chi connectivity index (χ1v) is 8.51. The zero-order chi connectivity index (χ0) is 18.5. The summed E-state index contributed by atoms with van der Waals surface area (Å²) in [5.74, 6) is 1.65. The number of amides is 2. The first kappa shape index (κ1) is 18.0. The molecule has 3 rings (SSSR count). The molecule has 1 N–H and O–H groups in total. The van der Waals surface area contributed by atoms with Crippen LogP contribution in [0.2, 0.25) is 0 Å². The minimum atomic E-state index is -0.157. The summed E-state index contributed by atoms with van der Waals surface area (Å²) in [4.78, 5) is 18.3. The largest absolute Gasteiger partial charge is 0.493 e. The van der Waals surface area contributed by atoms with Crippen LogP contribution in [0.25, 0.3) is 0 Å². The normalized spacial score (nSPS) is 16.9. The van der Waals surface area contributed by atoms with E-state index in [-0.39, 0.29) is 12.1 Å². The van der Waals surface area contributed by atoms with Gasteiger partial charge in [0.15, 0.2) is 11.5 Å². The number of carbonyl (C=O) groups is 1. The van der Waals surface area contributed by atoms with E-state index in [1.807, 2.05) is 32.0 Å². The lowest BCUT2D eigenvalue weighted by Crippen LogP contribution is -2.46. The summed E-state index contributed by atoms with van der Waals surface area (Å²) in [7, 11) is 1.60. The van der Waals surface area contributed by atoms with E-state index in [1.54, 1.807) is 30.3 Å².